The van der Waals surface area contributed by atoms with Crippen molar-refractivity contribution in [2.45, 2.75) is 25.6 Å². The number of ether oxygens (including phenoxy) is 1. The zero-order chi connectivity index (χ0) is 25.5. The Balaban J connectivity index is 1.13. The van der Waals surface area contributed by atoms with Crippen LogP contribution in [-0.4, -0.2) is 37.0 Å². The van der Waals surface area contributed by atoms with Gasteiger partial charge in [-0.2, -0.15) is 5.10 Å². The van der Waals surface area contributed by atoms with E-state index in [1.807, 2.05) is 29.1 Å². The fourth-order valence-corrected chi connectivity index (χ4v) is 4.88. The number of benzene rings is 3. The molecule has 188 valence electrons. The highest BCUT2D eigenvalue weighted by atomic mass is 19.1. The standard InChI is InChI=1S/C30H25FN6O/c31-24-3-1-2-20(12-24)8-11-37-29-7-5-25(13-23(29)15-34-37)35-30-27-14-21(4-6-28(27)32-19-33-30)22-9-10-36(16-22)17-26-18-38-26/h1-7,9-10,12-16,19,26H,8,11,17-18H2,(H,32,33,35). The summed E-state index contributed by atoms with van der Waals surface area (Å²) in [7, 11) is 0. The van der Waals surface area contributed by atoms with Crippen molar-refractivity contribution in [3.63, 3.8) is 0 Å². The average molecular weight is 505 g/mol. The van der Waals surface area contributed by atoms with Crippen molar-refractivity contribution in [2.24, 2.45) is 0 Å². The normalized spacial score (nSPS) is 14.8. The van der Waals surface area contributed by atoms with Crippen molar-refractivity contribution >= 4 is 33.3 Å². The lowest BCUT2D eigenvalue weighted by Gasteiger charge is -2.10. The molecule has 8 heteroatoms. The smallest absolute Gasteiger partial charge is 0.141 e. The first-order valence-electron chi connectivity index (χ1n) is 12.7. The Morgan fingerprint density at radius 3 is 2.84 bits per heavy atom. The number of aromatic nitrogens is 5. The van der Waals surface area contributed by atoms with Crippen molar-refractivity contribution in [3.8, 4) is 11.1 Å². The maximum absolute atomic E-state index is 13.5. The maximum Gasteiger partial charge on any atom is 0.141 e. The van der Waals surface area contributed by atoms with Gasteiger partial charge >= 0.3 is 0 Å². The Labute approximate surface area is 218 Å². The lowest BCUT2D eigenvalue weighted by molar-refractivity contribution is 0.383. The Hall–Kier alpha value is -4.56. The molecule has 0 radical (unpaired) electrons. The van der Waals surface area contributed by atoms with Gasteiger partial charge in [-0.3, -0.25) is 4.68 Å². The number of halogens is 1. The lowest BCUT2D eigenvalue weighted by Crippen LogP contribution is -2.03. The van der Waals surface area contributed by atoms with Crippen LogP contribution in [-0.2, 0) is 24.2 Å². The van der Waals surface area contributed by atoms with E-state index in [1.165, 1.54) is 6.07 Å². The molecule has 1 atom stereocenters. The molecule has 1 N–H and O–H groups in total. The molecule has 0 amide bonds. The second-order valence-electron chi connectivity index (χ2n) is 9.65. The Morgan fingerprint density at radius 2 is 1.95 bits per heavy atom. The number of nitrogens with zero attached hydrogens (tertiary/aromatic N) is 5. The third kappa shape index (κ3) is 4.62. The van der Waals surface area contributed by atoms with Crippen LogP contribution < -0.4 is 5.32 Å². The van der Waals surface area contributed by atoms with Crippen LogP contribution >= 0.6 is 0 Å². The molecule has 4 heterocycles. The summed E-state index contributed by atoms with van der Waals surface area (Å²) >= 11 is 0. The van der Waals surface area contributed by atoms with E-state index < -0.39 is 0 Å². The molecule has 7 nitrogen and oxygen atoms in total. The Bertz CT molecular complexity index is 1770. The summed E-state index contributed by atoms with van der Waals surface area (Å²) < 4.78 is 23.0. The van der Waals surface area contributed by atoms with E-state index in [9.17, 15) is 4.39 Å². The topological polar surface area (TPSA) is 73.1 Å². The first-order valence-corrected chi connectivity index (χ1v) is 12.7. The lowest BCUT2D eigenvalue weighted by atomic mass is 10.1. The SMILES string of the molecule is Fc1cccc(CCn2ncc3cc(Nc4ncnc5ccc(-c6ccn(CC7CO7)c6)cc45)ccc32)c1. The molecule has 7 rings (SSSR count). The van der Waals surface area contributed by atoms with Crippen molar-refractivity contribution in [2.75, 3.05) is 11.9 Å². The van der Waals surface area contributed by atoms with Crippen molar-refractivity contribution < 1.29 is 9.13 Å². The molecule has 0 saturated carbocycles. The number of aryl methyl sites for hydroxylation is 2. The van der Waals surface area contributed by atoms with Crippen LogP contribution in [0.25, 0.3) is 32.9 Å². The first-order chi connectivity index (χ1) is 18.7. The summed E-state index contributed by atoms with van der Waals surface area (Å²) in [4.78, 5) is 9.02. The van der Waals surface area contributed by atoms with E-state index in [2.05, 4.69) is 67.7 Å². The second-order valence-corrected chi connectivity index (χ2v) is 9.65. The third-order valence-corrected chi connectivity index (χ3v) is 6.94. The molecule has 1 unspecified atom stereocenters. The zero-order valence-corrected chi connectivity index (χ0v) is 20.6. The number of fused-ring (bicyclic) bond motifs is 2. The summed E-state index contributed by atoms with van der Waals surface area (Å²) in [5.74, 6) is 0.537. The van der Waals surface area contributed by atoms with Crippen LogP contribution in [0.15, 0.2) is 91.6 Å². The molecule has 3 aromatic carbocycles. The molecular weight excluding hydrogens is 479 g/mol. The van der Waals surface area contributed by atoms with Gasteiger partial charge in [0, 0.05) is 35.4 Å². The number of anilines is 2. The number of hydrogen-bond acceptors (Lipinski definition) is 5. The molecule has 6 aromatic rings. The van der Waals surface area contributed by atoms with Crippen LogP contribution in [0, 0.1) is 5.82 Å². The van der Waals surface area contributed by atoms with E-state index in [0.29, 0.717) is 19.1 Å². The molecule has 38 heavy (non-hydrogen) atoms. The summed E-state index contributed by atoms with van der Waals surface area (Å²) in [6.45, 7) is 2.40. The van der Waals surface area contributed by atoms with Gasteiger partial charge in [0.05, 0.1) is 36.5 Å². The minimum atomic E-state index is -0.213. The van der Waals surface area contributed by atoms with E-state index in [0.717, 1.165) is 63.2 Å². The highest BCUT2D eigenvalue weighted by Crippen LogP contribution is 2.30. The highest BCUT2D eigenvalue weighted by molar-refractivity contribution is 5.94. The van der Waals surface area contributed by atoms with Crippen LogP contribution in [0.3, 0.4) is 0 Å². The molecule has 0 spiro atoms. The minimum absolute atomic E-state index is 0.213. The summed E-state index contributed by atoms with van der Waals surface area (Å²) in [5.41, 5.74) is 6.04. The maximum atomic E-state index is 13.5. The molecule has 0 aliphatic carbocycles. The fourth-order valence-electron chi connectivity index (χ4n) is 4.88. The predicted molar refractivity (Wildman–Crippen MR) is 146 cm³/mol. The van der Waals surface area contributed by atoms with Gasteiger partial charge in [0.25, 0.3) is 0 Å². The summed E-state index contributed by atoms with van der Waals surface area (Å²) in [6.07, 6.45) is 8.74. The average Bonchev–Trinajstić information content (AvgIpc) is 3.46. The molecule has 0 bridgehead atoms. The second kappa shape index (κ2) is 9.39. The quantitative estimate of drug-likeness (QED) is 0.259. The largest absolute Gasteiger partial charge is 0.371 e. The van der Waals surface area contributed by atoms with Gasteiger partial charge < -0.3 is 14.6 Å². The van der Waals surface area contributed by atoms with Crippen molar-refractivity contribution in [1.29, 1.82) is 0 Å². The van der Waals surface area contributed by atoms with Crippen LogP contribution in [0.1, 0.15) is 5.56 Å². The molecule has 1 saturated heterocycles. The van der Waals surface area contributed by atoms with Crippen LogP contribution in [0.5, 0.6) is 0 Å². The van der Waals surface area contributed by atoms with Gasteiger partial charge in [0.15, 0.2) is 0 Å². The van der Waals surface area contributed by atoms with E-state index >= 15 is 0 Å². The monoisotopic (exact) mass is 504 g/mol. The first kappa shape index (κ1) is 22.6. The van der Waals surface area contributed by atoms with Crippen LogP contribution in [0.2, 0.25) is 0 Å². The molecule has 1 aliphatic heterocycles. The third-order valence-electron chi connectivity index (χ3n) is 6.94. The molecule has 1 fully saturated rings. The van der Waals surface area contributed by atoms with Gasteiger partial charge in [-0.25, -0.2) is 14.4 Å². The molecule has 1 aliphatic rings. The van der Waals surface area contributed by atoms with Gasteiger partial charge in [0.1, 0.15) is 18.0 Å². The fraction of sp³-hybridized carbons (Fsp3) is 0.167. The number of epoxide rings is 1. The van der Waals surface area contributed by atoms with E-state index in [4.69, 9.17) is 4.74 Å². The number of rotatable bonds is 8. The molecular formula is C30H25FN6O. The van der Waals surface area contributed by atoms with Crippen LogP contribution in [0.4, 0.5) is 15.9 Å². The van der Waals surface area contributed by atoms with Crippen molar-refractivity contribution in [1.82, 2.24) is 24.3 Å². The number of nitrogens with one attached hydrogen (secondary N) is 1. The highest BCUT2D eigenvalue weighted by Gasteiger charge is 2.22. The minimum Gasteiger partial charge on any atom is -0.371 e. The Morgan fingerprint density at radius 1 is 1.00 bits per heavy atom. The van der Waals surface area contributed by atoms with Gasteiger partial charge in [-0.15, -0.1) is 0 Å². The summed E-state index contributed by atoms with van der Waals surface area (Å²) in [6, 6.07) is 21.2. The van der Waals surface area contributed by atoms with Crippen molar-refractivity contribution in [3.05, 3.63) is 103 Å². The molecule has 3 aromatic heterocycles. The van der Waals surface area contributed by atoms with Gasteiger partial charge in [-0.1, -0.05) is 18.2 Å². The predicted octanol–water partition coefficient (Wildman–Crippen LogP) is 5.97. The van der Waals surface area contributed by atoms with E-state index in [1.54, 1.807) is 18.5 Å². The zero-order valence-electron chi connectivity index (χ0n) is 20.6. The summed E-state index contributed by atoms with van der Waals surface area (Å²) in [5, 5.41) is 10.0. The van der Waals surface area contributed by atoms with E-state index in [-0.39, 0.29) is 5.82 Å². The van der Waals surface area contributed by atoms with Gasteiger partial charge in [-0.05, 0) is 71.6 Å². The number of hydrogen-bond donors (Lipinski definition) is 1. The van der Waals surface area contributed by atoms with Gasteiger partial charge in [0.2, 0.25) is 0 Å². The Kier molecular flexibility index (Phi) is 5.59.